The minimum absolute atomic E-state index is 0.283. The highest BCUT2D eigenvalue weighted by molar-refractivity contribution is 6.03. The molecule has 0 saturated carbocycles. The topological polar surface area (TPSA) is 52.9 Å². The fourth-order valence-corrected chi connectivity index (χ4v) is 1.19. The van der Waals surface area contributed by atoms with E-state index < -0.39 is 0 Å². The molecule has 0 spiro atoms. The standard InChI is InChI=1S/C10H8N2O2/c13-10-5-4-8(7-11-10)9-3-1-2-6-12(9)14/h1-7,14H. The second-order valence-corrected chi connectivity index (χ2v) is 2.82. The largest absolute Gasteiger partial charge is 0.284 e. The molecular weight excluding hydrogens is 180 g/mol. The van der Waals surface area contributed by atoms with Crippen LogP contribution in [0.4, 0.5) is 0 Å². The summed E-state index contributed by atoms with van der Waals surface area (Å²) in [6, 6.07) is 0. The van der Waals surface area contributed by atoms with Crippen molar-refractivity contribution in [2.45, 2.75) is 0 Å². The Hall–Kier alpha value is -1.94. The number of hydroxylamine groups is 2. The molecule has 0 aromatic heterocycles. The first-order valence-electron chi connectivity index (χ1n) is 4.11. The van der Waals surface area contributed by atoms with Gasteiger partial charge in [-0.25, -0.2) is 10.1 Å². The summed E-state index contributed by atoms with van der Waals surface area (Å²) in [5.74, 6) is -0.283. The van der Waals surface area contributed by atoms with Gasteiger partial charge in [0.2, 0.25) is 0 Å². The van der Waals surface area contributed by atoms with E-state index in [0.717, 1.165) is 5.06 Å². The molecule has 70 valence electrons. The van der Waals surface area contributed by atoms with Gasteiger partial charge in [-0.3, -0.25) is 10.0 Å². The number of hydrogen-bond donors (Lipinski definition) is 1. The van der Waals surface area contributed by atoms with Crippen LogP contribution in [0.3, 0.4) is 0 Å². The predicted octanol–water partition coefficient (Wildman–Crippen LogP) is 1.18. The quantitative estimate of drug-likeness (QED) is 0.621. The van der Waals surface area contributed by atoms with E-state index in [1.165, 1.54) is 18.5 Å². The van der Waals surface area contributed by atoms with Crippen molar-refractivity contribution < 1.29 is 10.0 Å². The number of carbonyl (C=O) groups is 1. The van der Waals surface area contributed by atoms with Gasteiger partial charge in [0, 0.05) is 24.1 Å². The predicted molar refractivity (Wildman–Crippen MR) is 51.6 cm³/mol. The molecule has 0 fully saturated rings. The summed E-state index contributed by atoms with van der Waals surface area (Å²) in [4.78, 5) is 14.4. The normalized spacial score (nSPS) is 24.9. The minimum Gasteiger partial charge on any atom is -0.284 e. The molecular formula is C10H8N2O2. The molecule has 4 heteroatoms. The third-order valence-electron chi connectivity index (χ3n) is 1.87. The summed E-state index contributed by atoms with van der Waals surface area (Å²) in [6.45, 7) is 0. The van der Waals surface area contributed by atoms with E-state index in [9.17, 15) is 10.0 Å². The smallest absolute Gasteiger partial charge is 0.269 e. The highest BCUT2D eigenvalue weighted by atomic mass is 16.5. The van der Waals surface area contributed by atoms with Crippen molar-refractivity contribution in [3.05, 3.63) is 47.9 Å². The van der Waals surface area contributed by atoms with Gasteiger partial charge in [0.25, 0.3) is 5.91 Å². The summed E-state index contributed by atoms with van der Waals surface area (Å²) in [5, 5.41) is 10.4. The van der Waals surface area contributed by atoms with Crippen molar-refractivity contribution >= 4 is 12.1 Å². The average Bonchev–Trinajstić information content (AvgIpc) is 2.20. The van der Waals surface area contributed by atoms with E-state index in [1.807, 2.05) is 0 Å². The number of dihydropyridines is 1. The average molecular weight is 188 g/mol. The van der Waals surface area contributed by atoms with Crippen molar-refractivity contribution in [1.29, 1.82) is 0 Å². The fraction of sp³-hybridized carbons (Fsp3) is 0. The van der Waals surface area contributed by atoms with Crippen LogP contribution < -0.4 is 0 Å². The van der Waals surface area contributed by atoms with Crippen LogP contribution in [0.5, 0.6) is 0 Å². The molecule has 0 aromatic rings. The molecule has 0 aliphatic carbocycles. The van der Waals surface area contributed by atoms with Crippen molar-refractivity contribution in [3.8, 4) is 0 Å². The summed E-state index contributed by atoms with van der Waals surface area (Å²) >= 11 is 0. The zero-order valence-electron chi connectivity index (χ0n) is 7.29. The zero-order valence-corrected chi connectivity index (χ0v) is 7.29. The van der Waals surface area contributed by atoms with Gasteiger partial charge in [-0.2, -0.15) is 0 Å². The first-order chi connectivity index (χ1) is 6.77. The second-order valence-electron chi connectivity index (χ2n) is 2.82. The van der Waals surface area contributed by atoms with Crippen LogP contribution >= 0.6 is 0 Å². The lowest BCUT2D eigenvalue weighted by molar-refractivity contribution is -0.113. The van der Waals surface area contributed by atoms with E-state index in [1.54, 1.807) is 24.3 Å². The highest BCUT2D eigenvalue weighted by Crippen LogP contribution is 2.16. The van der Waals surface area contributed by atoms with Crippen molar-refractivity contribution in [2.75, 3.05) is 0 Å². The van der Waals surface area contributed by atoms with Crippen molar-refractivity contribution in [1.82, 2.24) is 5.06 Å². The minimum atomic E-state index is -0.283. The maximum atomic E-state index is 10.8. The lowest BCUT2D eigenvalue weighted by Gasteiger charge is -2.17. The SMILES string of the molecule is O=C1C=CC(=C2C=CC=CN2O)C=N1. The van der Waals surface area contributed by atoms with Gasteiger partial charge in [0.15, 0.2) is 0 Å². The van der Waals surface area contributed by atoms with E-state index in [4.69, 9.17) is 0 Å². The molecule has 2 aliphatic heterocycles. The molecule has 2 rings (SSSR count). The zero-order chi connectivity index (χ0) is 9.97. The Morgan fingerprint density at radius 2 is 2.07 bits per heavy atom. The first kappa shape index (κ1) is 8.65. The summed E-state index contributed by atoms with van der Waals surface area (Å²) in [5.41, 5.74) is 1.30. The summed E-state index contributed by atoms with van der Waals surface area (Å²) in [7, 11) is 0. The van der Waals surface area contributed by atoms with Crippen molar-refractivity contribution in [3.63, 3.8) is 0 Å². The maximum Gasteiger partial charge on any atom is 0.269 e. The molecule has 0 atom stereocenters. The second kappa shape index (κ2) is 3.43. The molecule has 14 heavy (non-hydrogen) atoms. The Bertz CT molecular complexity index is 396. The molecule has 2 heterocycles. The Morgan fingerprint density at radius 3 is 2.71 bits per heavy atom. The molecule has 1 N–H and O–H groups in total. The van der Waals surface area contributed by atoms with E-state index in [-0.39, 0.29) is 5.91 Å². The van der Waals surface area contributed by atoms with E-state index in [2.05, 4.69) is 4.99 Å². The van der Waals surface area contributed by atoms with Crippen LogP contribution in [0.1, 0.15) is 0 Å². The molecule has 0 aromatic carbocycles. The first-order valence-corrected chi connectivity index (χ1v) is 4.11. The summed E-state index contributed by atoms with van der Waals surface area (Å²) < 4.78 is 0. The lowest BCUT2D eigenvalue weighted by Crippen LogP contribution is -2.14. The van der Waals surface area contributed by atoms with Crippen molar-refractivity contribution in [2.24, 2.45) is 4.99 Å². The molecule has 1 amide bonds. The van der Waals surface area contributed by atoms with Crippen LogP contribution in [-0.4, -0.2) is 22.4 Å². The number of aliphatic imine (C=N–C) groups is 1. The van der Waals surface area contributed by atoms with Gasteiger partial charge in [-0.1, -0.05) is 6.08 Å². The highest BCUT2D eigenvalue weighted by Gasteiger charge is 2.10. The van der Waals surface area contributed by atoms with Gasteiger partial charge in [0.05, 0.1) is 5.70 Å². The van der Waals surface area contributed by atoms with Crippen LogP contribution in [-0.2, 0) is 4.79 Å². The van der Waals surface area contributed by atoms with Gasteiger partial charge in [0.1, 0.15) is 0 Å². The summed E-state index contributed by atoms with van der Waals surface area (Å²) in [6.07, 6.45) is 11.2. The molecule has 0 saturated heterocycles. The Kier molecular flexibility index (Phi) is 2.12. The van der Waals surface area contributed by atoms with Crippen LogP contribution in [0.15, 0.2) is 52.8 Å². The monoisotopic (exact) mass is 188 g/mol. The van der Waals surface area contributed by atoms with Crippen LogP contribution in [0.25, 0.3) is 0 Å². The molecule has 0 unspecified atom stereocenters. The van der Waals surface area contributed by atoms with E-state index in [0.29, 0.717) is 11.3 Å². The number of hydrogen-bond acceptors (Lipinski definition) is 3. The van der Waals surface area contributed by atoms with Gasteiger partial charge >= 0.3 is 0 Å². The third kappa shape index (κ3) is 1.55. The molecule has 0 bridgehead atoms. The van der Waals surface area contributed by atoms with Gasteiger partial charge in [-0.15, -0.1) is 0 Å². The van der Waals surface area contributed by atoms with Gasteiger partial charge in [-0.05, 0) is 18.2 Å². The molecule has 0 radical (unpaired) electrons. The number of allylic oxidation sites excluding steroid dienone is 5. The molecule has 4 nitrogen and oxygen atoms in total. The Balaban J connectivity index is 2.37. The number of amides is 1. The maximum absolute atomic E-state index is 10.8. The number of rotatable bonds is 0. The van der Waals surface area contributed by atoms with Gasteiger partial charge < -0.3 is 0 Å². The van der Waals surface area contributed by atoms with Crippen LogP contribution in [0.2, 0.25) is 0 Å². The van der Waals surface area contributed by atoms with E-state index >= 15 is 0 Å². The third-order valence-corrected chi connectivity index (χ3v) is 1.87. The molecule has 2 aliphatic rings. The van der Waals surface area contributed by atoms with Crippen LogP contribution in [0, 0.1) is 0 Å². The number of carbonyl (C=O) groups excluding carboxylic acids is 1. The Morgan fingerprint density at radius 1 is 1.21 bits per heavy atom. The fourth-order valence-electron chi connectivity index (χ4n) is 1.19. The Labute approximate surface area is 80.8 Å². The lowest BCUT2D eigenvalue weighted by atomic mass is 10.1. The number of nitrogens with zero attached hydrogens (tertiary/aromatic N) is 2.